The van der Waals surface area contributed by atoms with E-state index >= 15 is 0 Å². The average molecular weight is 314 g/mol. The van der Waals surface area contributed by atoms with Crippen LogP contribution in [0.4, 0.5) is 10.5 Å². The van der Waals surface area contributed by atoms with Crippen molar-refractivity contribution in [2.24, 2.45) is 0 Å². The van der Waals surface area contributed by atoms with Crippen molar-refractivity contribution in [1.82, 2.24) is 10.2 Å². The quantitative estimate of drug-likeness (QED) is 0.911. The van der Waals surface area contributed by atoms with E-state index in [9.17, 15) is 4.79 Å². The second-order valence-electron chi connectivity index (χ2n) is 5.29. The molecule has 1 heterocycles. The van der Waals surface area contributed by atoms with Crippen LogP contribution < -0.4 is 10.2 Å². The molecule has 0 bridgehead atoms. The number of nitrogens with one attached hydrogen (secondary N) is 1. The lowest BCUT2D eigenvalue weighted by Gasteiger charge is -2.36. The molecule has 2 fully saturated rings. The number of hydrogen-bond acceptors (Lipinski definition) is 2. The molecule has 1 aliphatic heterocycles. The number of amides is 2. The van der Waals surface area contributed by atoms with Crippen molar-refractivity contribution in [1.29, 1.82) is 0 Å². The second-order valence-corrected chi connectivity index (χ2v) is 6.14. The molecule has 2 amide bonds. The van der Waals surface area contributed by atoms with Crippen molar-refractivity contribution in [2.45, 2.75) is 18.9 Å². The highest BCUT2D eigenvalue weighted by molar-refractivity contribution is 6.36. The summed E-state index contributed by atoms with van der Waals surface area (Å²) in [5.41, 5.74) is 0.985. The molecule has 6 heteroatoms. The van der Waals surface area contributed by atoms with Crippen molar-refractivity contribution in [3.05, 3.63) is 28.2 Å². The predicted octanol–water partition coefficient (Wildman–Crippen LogP) is 2.99. The van der Waals surface area contributed by atoms with Gasteiger partial charge >= 0.3 is 6.03 Å². The van der Waals surface area contributed by atoms with Gasteiger partial charge in [0.25, 0.3) is 0 Å². The maximum Gasteiger partial charge on any atom is 0.317 e. The number of piperazine rings is 1. The minimum absolute atomic E-state index is 0.0642. The molecule has 0 radical (unpaired) electrons. The third-order valence-corrected chi connectivity index (χ3v) is 4.26. The van der Waals surface area contributed by atoms with E-state index in [1.54, 1.807) is 6.07 Å². The smallest absolute Gasteiger partial charge is 0.317 e. The molecule has 0 atom stereocenters. The van der Waals surface area contributed by atoms with Gasteiger partial charge in [0.05, 0.1) is 10.7 Å². The van der Waals surface area contributed by atoms with Gasteiger partial charge in [0, 0.05) is 37.2 Å². The lowest BCUT2D eigenvalue weighted by atomic mass is 10.2. The van der Waals surface area contributed by atoms with Gasteiger partial charge < -0.3 is 15.1 Å². The summed E-state index contributed by atoms with van der Waals surface area (Å²) in [6.45, 7) is 3.02. The van der Waals surface area contributed by atoms with Crippen molar-refractivity contribution in [3.63, 3.8) is 0 Å². The van der Waals surface area contributed by atoms with E-state index in [4.69, 9.17) is 23.2 Å². The van der Waals surface area contributed by atoms with Crippen LogP contribution in [0.25, 0.3) is 0 Å². The van der Waals surface area contributed by atoms with Crippen molar-refractivity contribution in [3.8, 4) is 0 Å². The monoisotopic (exact) mass is 313 g/mol. The minimum Gasteiger partial charge on any atom is -0.367 e. The van der Waals surface area contributed by atoms with Gasteiger partial charge in [-0.05, 0) is 31.0 Å². The number of hydrogen-bond donors (Lipinski definition) is 1. The molecule has 1 aromatic rings. The third kappa shape index (κ3) is 3.13. The Balaban J connectivity index is 1.58. The summed E-state index contributed by atoms with van der Waals surface area (Å²) >= 11 is 12.1. The molecule has 4 nitrogen and oxygen atoms in total. The Kier molecular flexibility index (Phi) is 3.94. The molecule has 1 saturated carbocycles. The zero-order chi connectivity index (χ0) is 14.1. The molecule has 1 saturated heterocycles. The molecule has 0 aromatic heterocycles. The fraction of sp³-hybridized carbons (Fsp3) is 0.500. The number of carbonyl (C=O) groups is 1. The van der Waals surface area contributed by atoms with Crippen LogP contribution >= 0.6 is 23.2 Å². The van der Waals surface area contributed by atoms with Gasteiger partial charge in [-0.3, -0.25) is 0 Å². The maximum atomic E-state index is 12.0. The lowest BCUT2D eigenvalue weighted by Crippen LogP contribution is -2.52. The molecular formula is C14H17Cl2N3O. The highest BCUT2D eigenvalue weighted by Crippen LogP contribution is 2.29. The summed E-state index contributed by atoms with van der Waals surface area (Å²) in [5.74, 6) is 0. The molecule has 1 aromatic carbocycles. The van der Waals surface area contributed by atoms with Crippen LogP contribution in [-0.4, -0.2) is 43.2 Å². The van der Waals surface area contributed by atoms with Crippen molar-refractivity contribution < 1.29 is 4.79 Å². The average Bonchev–Trinajstić information content (AvgIpc) is 3.23. The molecular weight excluding hydrogens is 297 g/mol. The van der Waals surface area contributed by atoms with Gasteiger partial charge in [-0.15, -0.1) is 0 Å². The fourth-order valence-corrected chi connectivity index (χ4v) is 2.91. The first kappa shape index (κ1) is 13.8. The van der Waals surface area contributed by atoms with E-state index < -0.39 is 0 Å². The number of anilines is 1. The summed E-state index contributed by atoms with van der Waals surface area (Å²) in [6, 6.07) is 6.00. The van der Waals surface area contributed by atoms with Crippen LogP contribution in [0.3, 0.4) is 0 Å². The molecule has 20 heavy (non-hydrogen) atoms. The van der Waals surface area contributed by atoms with E-state index in [1.807, 2.05) is 17.0 Å². The van der Waals surface area contributed by atoms with Crippen LogP contribution in [0.1, 0.15) is 12.8 Å². The van der Waals surface area contributed by atoms with Gasteiger partial charge in [0.2, 0.25) is 0 Å². The molecule has 0 unspecified atom stereocenters. The maximum absolute atomic E-state index is 12.0. The zero-order valence-corrected chi connectivity index (χ0v) is 12.6. The van der Waals surface area contributed by atoms with Crippen LogP contribution in [0.15, 0.2) is 18.2 Å². The molecule has 3 rings (SSSR count). The van der Waals surface area contributed by atoms with Crippen LogP contribution in [0.2, 0.25) is 10.0 Å². The summed E-state index contributed by atoms with van der Waals surface area (Å²) < 4.78 is 0. The van der Waals surface area contributed by atoms with E-state index in [-0.39, 0.29) is 6.03 Å². The molecule has 1 N–H and O–H groups in total. The first-order valence-corrected chi connectivity index (χ1v) is 7.64. The predicted molar refractivity (Wildman–Crippen MR) is 81.8 cm³/mol. The van der Waals surface area contributed by atoms with Gasteiger partial charge in [-0.1, -0.05) is 23.2 Å². The van der Waals surface area contributed by atoms with E-state index in [2.05, 4.69) is 10.2 Å². The van der Waals surface area contributed by atoms with Crippen LogP contribution in [-0.2, 0) is 0 Å². The number of rotatable bonds is 2. The van der Waals surface area contributed by atoms with Crippen LogP contribution in [0, 0.1) is 0 Å². The standard InChI is InChI=1S/C14H17Cl2N3O/c15-10-1-4-13(12(16)9-10)18-5-7-19(8-6-18)14(20)17-11-2-3-11/h1,4,9,11H,2-3,5-8H2,(H,17,20). The molecule has 108 valence electrons. The number of urea groups is 1. The summed E-state index contributed by atoms with van der Waals surface area (Å²) in [6.07, 6.45) is 2.23. The van der Waals surface area contributed by atoms with E-state index in [0.717, 1.165) is 44.7 Å². The van der Waals surface area contributed by atoms with Crippen molar-refractivity contribution in [2.75, 3.05) is 31.1 Å². The summed E-state index contributed by atoms with van der Waals surface area (Å²) in [4.78, 5) is 16.0. The zero-order valence-electron chi connectivity index (χ0n) is 11.1. The van der Waals surface area contributed by atoms with Crippen LogP contribution in [0.5, 0.6) is 0 Å². The Labute approximate surface area is 128 Å². The fourth-order valence-electron chi connectivity index (χ4n) is 2.38. The number of carbonyl (C=O) groups excluding carboxylic acids is 1. The summed E-state index contributed by atoms with van der Waals surface area (Å²) in [7, 11) is 0. The highest BCUT2D eigenvalue weighted by atomic mass is 35.5. The third-order valence-electron chi connectivity index (χ3n) is 3.72. The van der Waals surface area contributed by atoms with Gasteiger partial charge in [0.1, 0.15) is 0 Å². The second kappa shape index (κ2) is 5.70. The van der Waals surface area contributed by atoms with Gasteiger partial charge in [0.15, 0.2) is 0 Å². The Morgan fingerprint density at radius 2 is 1.85 bits per heavy atom. The number of benzene rings is 1. The highest BCUT2D eigenvalue weighted by Gasteiger charge is 2.28. The summed E-state index contributed by atoms with van der Waals surface area (Å²) in [5, 5.41) is 4.32. The lowest BCUT2D eigenvalue weighted by molar-refractivity contribution is 0.194. The first-order chi connectivity index (χ1) is 9.63. The largest absolute Gasteiger partial charge is 0.367 e. The Hall–Kier alpha value is -1.13. The first-order valence-electron chi connectivity index (χ1n) is 6.89. The van der Waals surface area contributed by atoms with Crippen molar-refractivity contribution >= 4 is 34.9 Å². The number of nitrogens with zero attached hydrogens (tertiary/aromatic N) is 2. The van der Waals surface area contributed by atoms with Gasteiger partial charge in [-0.25, -0.2) is 4.79 Å². The number of halogens is 2. The van der Waals surface area contributed by atoms with E-state index in [1.165, 1.54) is 0 Å². The van der Waals surface area contributed by atoms with E-state index in [0.29, 0.717) is 16.1 Å². The Morgan fingerprint density at radius 3 is 2.45 bits per heavy atom. The topological polar surface area (TPSA) is 35.6 Å². The van der Waals surface area contributed by atoms with Gasteiger partial charge in [-0.2, -0.15) is 0 Å². The Morgan fingerprint density at radius 1 is 1.15 bits per heavy atom. The SMILES string of the molecule is O=C(NC1CC1)N1CCN(c2ccc(Cl)cc2Cl)CC1. The molecule has 2 aliphatic rings. The molecule has 0 spiro atoms. The normalized spacial score (nSPS) is 19.1. The molecule has 1 aliphatic carbocycles. The minimum atomic E-state index is 0.0642. The Bertz CT molecular complexity index is 511.